The molecule has 0 amide bonds. The highest BCUT2D eigenvalue weighted by atomic mass is 79.9. The Morgan fingerprint density at radius 1 is 1.25 bits per heavy atom. The maximum Gasteiger partial charge on any atom is 0.120 e. The van der Waals surface area contributed by atoms with Crippen molar-refractivity contribution in [2.24, 2.45) is 11.1 Å². The van der Waals surface area contributed by atoms with Crippen molar-refractivity contribution >= 4 is 15.9 Å². The molecule has 2 N–H and O–H groups in total. The fourth-order valence-corrected chi connectivity index (χ4v) is 1.82. The van der Waals surface area contributed by atoms with Gasteiger partial charge in [-0.3, -0.25) is 0 Å². The van der Waals surface area contributed by atoms with E-state index in [4.69, 9.17) is 10.5 Å². The number of hydrogen-bond acceptors (Lipinski definition) is 2. The predicted octanol–water partition coefficient (Wildman–Crippen LogP) is 3.72. The molecule has 1 rings (SSSR count). The molecule has 0 spiro atoms. The summed E-state index contributed by atoms with van der Waals surface area (Å²) in [5.41, 5.74) is 7.00. The summed E-state index contributed by atoms with van der Waals surface area (Å²) in [4.78, 5) is 0. The van der Waals surface area contributed by atoms with E-state index in [2.05, 4.69) is 36.7 Å². The van der Waals surface area contributed by atoms with E-state index < -0.39 is 0 Å². The molecule has 0 saturated carbocycles. The molecule has 0 aliphatic carbocycles. The van der Waals surface area contributed by atoms with Gasteiger partial charge in [0.05, 0.1) is 6.61 Å². The molecule has 90 valence electrons. The van der Waals surface area contributed by atoms with Gasteiger partial charge < -0.3 is 10.5 Å². The van der Waals surface area contributed by atoms with E-state index in [1.807, 2.05) is 18.2 Å². The molecule has 0 bridgehead atoms. The van der Waals surface area contributed by atoms with Crippen LogP contribution in [0.15, 0.2) is 22.7 Å². The highest BCUT2D eigenvalue weighted by Gasteiger charge is 2.10. The topological polar surface area (TPSA) is 35.2 Å². The molecule has 2 nitrogen and oxygen atoms in total. The molecule has 1 aromatic rings. The van der Waals surface area contributed by atoms with Crippen molar-refractivity contribution in [2.75, 3.05) is 6.61 Å². The van der Waals surface area contributed by atoms with Crippen molar-refractivity contribution in [3.05, 3.63) is 28.2 Å². The van der Waals surface area contributed by atoms with Crippen molar-refractivity contribution in [1.29, 1.82) is 0 Å². The average Bonchev–Trinajstić information content (AvgIpc) is 2.14. The minimum absolute atomic E-state index is 0.308. The van der Waals surface area contributed by atoms with Crippen molar-refractivity contribution in [1.82, 2.24) is 0 Å². The average molecular weight is 286 g/mol. The number of nitrogens with two attached hydrogens (primary N) is 1. The predicted molar refractivity (Wildman–Crippen MR) is 71.6 cm³/mol. The summed E-state index contributed by atoms with van der Waals surface area (Å²) < 4.78 is 6.73. The first-order chi connectivity index (χ1) is 7.40. The van der Waals surface area contributed by atoms with Crippen LogP contribution in [0, 0.1) is 5.41 Å². The van der Waals surface area contributed by atoms with Gasteiger partial charge in [0.25, 0.3) is 0 Å². The Balaban J connectivity index is 2.57. The fourth-order valence-electron chi connectivity index (χ4n) is 1.30. The third-order valence-electron chi connectivity index (χ3n) is 2.29. The summed E-state index contributed by atoms with van der Waals surface area (Å²) in [5.74, 6) is 0.888. The van der Waals surface area contributed by atoms with Gasteiger partial charge >= 0.3 is 0 Å². The second-order valence-corrected chi connectivity index (χ2v) is 6.07. The maximum absolute atomic E-state index is 5.72. The molecule has 0 aliphatic rings. The smallest absolute Gasteiger partial charge is 0.120 e. The molecule has 0 fully saturated rings. The normalized spacial score (nSPS) is 11.6. The summed E-state index contributed by atoms with van der Waals surface area (Å²) in [6.07, 6.45) is 1.04. The van der Waals surface area contributed by atoms with Crippen LogP contribution in [0.5, 0.6) is 5.75 Å². The van der Waals surface area contributed by atoms with Gasteiger partial charge in [-0.15, -0.1) is 0 Å². The first kappa shape index (κ1) is 13.5. The summed E-state index contributed by atoms with van der Waals surface area (Å²) in [7, 11) is 0. The van der Waals surface area contributed by atoms with Gasteiger partial charge in [-0.25, -0.2) is 0 Å². The molecule has 1 aromatic carbocycles. The van der Waals surface area contributed by atoms with Gasteiger partial charge in [0.1, 0.15) is 5.75 Å². The maximum atomic E-state index is 5.72. The Morgan fingerprint density at radius 2 is 1.94 bits per heavy atom. The minimum atomic E-state index is 0.308. The van der Waals surface area contributed by atoms with E-state index >= 15 is 0 Å². The minimum Gasteiger partial charge on any atom is -0.494 e. The van der Waals surface area contributed by atoms with Crippen molar-refractivity contribution in [3.63, 3.8) is 0 Å². The Morgan fingerprint density at radius 3 is 2.50 bits per heavy atom. The lowest BCUT2D eigenvalue weighted by atomic mass is 9.93. The second kappa shape index (κ2) is 5.69. The first-order valence-electron chi connectivity index (χ1n) is 5.53. The molecule has 0 atom stereocenters. The van der Waals surface area contributed by atoms with Gasteiger partial charge in [0.15, 0.2) is 0 Å². The van der Waals surface area contributed by atoms with Crippen molar-refractivity contribution in [2.45, 2.75) is 33.7 Å². The molecule has 3 heteroatoms. The second-order valence-electron chi connectivity index (χ2n) is 5.16. The Hall–Kier alpha value is -0.540. The van der Waals surface area contributed by atoms with Gasteiger partial charge in [-0.2, -0.15) is 0 Å². The molecular formula is C13H20BrNO. The summed E-state index contributed by atoms with van der Waals surface area (Å²) >= 11 is 3.45. The van der Waals surface area contributed by atoms with Crippen molar-refractivity contribution < 1.29 is 4.74 Å². The summed E-state index contributed by atoms with van der Waals surface area (Å²) in [6.45, 7) is 7.91. The molecule has 0 aliphatic heterocycles. The first-order valence-corrected chi connectivity index (χ1v) is 6.32. The molecule has 0 heterocycles. The van der Waals surface area contributed by atoms with E-state index in [0.717, 1.165) is 28.8 Å². The zero-order chi connectivity index (χ0) is 12.2. The van der Waals surface area contributed by atoms with Crippen LogP contribution in [0.4, 0.5) is 0 Å². The molecule has 0 aromatic heterocycles. The SMILES string of the molecule is CC(C)(C)CCOc1cc(Br)cc(CN)c1. The molecule has 0 radical (unpaired) electrons. The lowest BCUT2D eigenvalue weighted by molar-refractivity contribution is 0.243. The van der Waals surface area contributed by atoms with Gasteiger partial charge in [0.2, 0.25) is 0 Å². The molecule has 16 heavy (non-hydrogen) atoms. The van der Waals surface area contributed by atoms with Crippen LogP contribution in [-0.4, -0.2) is 6.61 Å². The number of ether oxygens (including phenoxy) is 1. The zero-order valence-electron chi connectivity index (χ0n) is 10.2. The molecular weight excluding hydrogens is 266 g/mol. The number of rotatable bonds is 4. The van der Waals surface area contributed by atoms with Gasteiger partial charge in [-0.05, 0) is 35.6 Å². The quantitative estimate of drug-likeness (QED) is 0.915. The highest BCUT2D eigenvalue weighted by Crippen LogP contribution is 2.23. The number of halogens is 1. The zero-order valence-corrected chi connectivity index (χ0v) is 11.8. The Bertz CT molecular complexity index is 344. The Labute approximate surface area is 106 Å². The van der Waals surface area contributed by atoms with E-state index in [9.17, 15) is 0 Å². The van der Waals surface area contributed by atoms with Gasteiger partial charge in [-0.1, -0.05) is 36.7 Å². The lowest BCUT2D eigenvalue weighted by Crippen LogP contribution is -2.11. The monoisotopic (exact) mass is 285 g/mol. The Kier molecular flexibility index (Phi) is 4.81. The van der Waals surface area contributed by atoms with E-state index in [-0.39, 0.29) is 0 Å². The summed E-state index contributed by atoms with van der Waals surface area (Å²) in [6, 6.07) is 5.98. The third kappa shape index (κ3) is 4.99. The largest absolute Gasteiger partial charge is 0.494 e. The summed E-state index contributed by atoms with van der Waals surface area (Å²) in [5, 5.41) is 0. The van der Waals surface area contributed by atoms with Crippen LogP contribution in [0.2, 0.25) is 0 Å². The van der Waals surface area contributed by atoms with Crippen molar-refractivity contribution in [3.8, 4) is 5.75 Å². The van der Waals surface area contributed by atoms with Crippen LogP contribution in [-0.2, 0) is 6.54 Å². The van der Waals surface area contributed by atoms with Crippen LogP contribution in [0.25, 0.3) is 0 Å². The van der Waals surface area contributed by atoms with Crippen LogP contribution in [0.1, 0.15) is 32.8 Å². The number of benzene rings is 1. The van der Waals surface area contributed by atoms with E-state index in [1.54, 1.807) is 0 Å². The van der Waals surface area contributed by atoms with E-state index in [1.165, 1.54) is 0 Å². The number of hydrogen-bond donors (Lipinski definition) is 1. The standard InChI is InChI=1S/C13H20BrNO/c1-13(2,3)4-5-16-12-7-10(9-15)6-11(14)8-12/h6-8H,4-5,9,15H2,1-3H3. The molecule has 0 unspecified atom stereocenters. The van der Waals surface area contributed by atoms with Crippen LogP contribution >= 0.6 is 15.9 Å². The van der Waals surface area contributed by atoms with E-state index in [0.29, 0.717) is 12.0 Å². The lowest BCUT2D eigenvalue weighted by Gasteiger charge is -2.18. The third-order valence-corrected chi connectivity index (χ3v) is 2.75. The fraction of sp³-hybridized carbons (Fsp3) is 0.538. The molecule has 0 saturated heterocycles. The van der Waals surface area contributed by atoms with Crippen LogP contribution in [0.3, 0.4) is 0 Å². The highest BCUT2D eigenvalue weighted by molar-refractivity contribution is 9.10. The van der Waals surface area contributed by atoms with Crippen LogP contribution < -0.4 is 10.5 Å². The van der Waals surface area contributed by atoms with Gasteiger partial charge in [0, 0.05) is 11.0 Å².